The molecule has 0 aliphatic carbocycles. The Morgan fingerprint density at radius 1 is 0.743 bits per heavy atom. The molecule has 0 unspecified atom stereocenters. The lowest BCUT2D eigenvalue weighted by Gasteiger charge is -2.15. The predicted molar refractivity (Wildman–Crippen MR) is 135 cm³/mol. The third kappa shape index (κ3) is 5.47. The second-order valence-corrected chi connectivity index (χ2v) is 7.84. The zero-order chi connectivity index (χ0) is 24.8. The fourth-order valence-electron chi connectivity index (χ4n) is 3.63. The molecular formula is C28H24N2O5. The third-order valence-electron chi connectivity index (χ3n) is 5.45. The fourth-order valence-corrected chi connectivity index (χ4v) is 3.63. The van der Waals surface area contributed by atoms with Crippen LogP contribution in [0.25, 0.3) is 10.8 Å². The van der Waals surface area contributed by atoms with E-state index in [0.29, 0.717) is 16.9 Å². The molecule has 0 fully saturated rings. The second kappa shape index (κ2) is 10.5. The summed E-state index contributed by atoms with van der Waals surface area (Å²) in [5.74, 6) is -1.13. The molecule has 4 aromatic rings. The van der Waals surface area contributed by atoms with Crippen molar-refractivity contribution in [1.82, 2.24) is 0 Å². The van der Waals surface area contributed by atoms with E-state index in [1.165, 1.54) is 7.11 Å². The van der Waals surface area contributed by atoms with E-state index in [4.69, 9.17) is 9.47 Å². The van der Waals surface area contributed by atoms with Crippen molar-refractivity contribution in [2.45, 2.75) is 6.92 Å². The van der Waals surface area contributed by atoms with Crippen molar-refractivity contribution in [3.05, 3.63) is 102 Å². The quantitative estimate of drug-likeness (QED) is 0.364. The molecule has 35 heavy (non-hydrogen) atoms. The number of amides is 2. The number of hydrogen-bond acceptors (Lipinski definition) is 5. The Morgan fingerprint density at radius 2 is 1.37 bits per heavy atom. The molecule has 0 aliphatic rings. The Bertz CT molecular complexity index is 1410. The highest BCUT2D eigenvalue weighted by molar-refractivity contribution is 6.09. The van der Waals surface area contributed by atoms with E-state index >= 15 is 0 Å². The van der Waals surface area contributed by atoms with Crippen molar-refractivity contribution in [3.8, 4) is 5.75 Å². The molecule has 0 heterocycles. The molecular weight excluding hydrogens is 444 g/mol. The SMILES string of the molecule is COC(=O)c1ccccc1NC(=O)COc1cc2ccccc2cc1C(=O)Nc1ccccc1C. The van der Waals surface area contributed by atoms with Crippen LogP contribution in [0.5, 0.6) is 5.75 Å². The molecule has 0 aliphatic heterocycles. The van der Waals surface area contributed by atoms with Gasteiger partial charge in [-0.3, -0.25) is 9.59 Å². The Kier molecular flexibility index (Phi) is 7.07. The van der Waals surface area contributed by atoms with Crippen LogP contribution >= 0.6 is 0 Å². The van der Waals surface area contributed by atoms with E-state index in [-0.39, 0.29) is 23.8 Å². The Morgan fingerprint density at radius 3 is 2.09 bits per heavy atom. The van der Waals surface area contributed by atoms with E-state index in [9.17, 15) is 14.4 Å². The minimum Gasteiger partial charge on any atom is -0.483 e. The van der Waals surface area contributed by atoms with Gasteiger partial charge in [-0.05, 0) is 53.6 Å². The first-order chi connectivity index (χ1) is 17.0. The number of anilines is 2. The average Bonchev–Trinajstić information content (AvgIpc) is 2.88. The van der Waals surface area contributed by atoms with Crippen LogP contribution in [0.3, 0.4) is 0 Å². The first-order valence-corrected chi connectivity index (χ1v) is 11.0. The molecule has 4 aromatic carbocycles. The number of aryl methyl sites for hydroxylation is 1. The number of hydrogen-bond donors (Lipinski definition) is 2. The van der Waals surface area contributed by atoms with Gasteiger partial charge in [-0.2, -0.15) is 0 Å². The largest absolute Gasteiger partial charge is 0.483 e. The summed E-state index contributed by atoms with van der Waals surface area (Å²) >= 11 is 0. The highest BCUT2D eigenvalue weighted by Gasteiger charge is 2.18. The van der Waals surface area contributed by atoms with Crippen LogP contribution in [0.2, 0.25) is 0 Å². The number of carbonyl (C=O) groups excluding carboxylic acids is 3. The molecule has 0 saturated carbocycles. The number of carbonyl (C=O) groups is 3. The highest BCUT2D eigenvalue weighted by Crippen LogP contribution is 2.28. The van der Waals surface area contributed by atoms with Gasteiger partial charge in [0.15, 0.2) is 6.61 Å². The molecule has 176 valence electrons. The van der Waals surface area contributed by atoms with Crippen molar-refractivity contribution < 1.29 is 23.9 Å². The molecule has 2 N–H and O–H groups in total. The van der Waals surface area contributed by atoms with Crippen molar-refractivity contribution >= 4 is 39.9 Å². The number of esters is 1. The van der Waals surface area contributed by atoms with Crippen molar-refractivity contribution in [3.63, 3.8) is 0 Å². The van der Waals surface area contributed by atoms with Gasteiger partial charge in [-0.1, -0.05) is 54.6 Å². The van der Waals surface area contributed by atoms with E-state index < -0.39 is 11.9 Å². The lowest BCUT2D eigenvalue weighted by molar-refractivity contribution is -0.118. The molecule has 4 rings (SSSR count). The Labute approximate surface area is 202 Å². The van der Waals surface area contributed by atoms with Crippen molar-refractivity contribution in [1.29, 1.82) is 0 Å². The maximum absolute atomic E-state index is 13.2. The fraction of sp³-hybridized carbons (Fsp3) is 0.107. The zero-order valence-corrected chi connectivity index (χ0v) is 19.3. The summed E-state index contributed by atoms with van der Waals surface area (Å²) in [7, 11) is 1.27. The minimum absolute atomic E-state index is 0.229. The summed E-state index contributed by atoms with van der Waals surface area (Å²) in [6.07, 6.45) is 0. The van der Waals surface area contributed by atoms with Gasteiger partial charge in [0, 0.05) is 5.69 Å². The van der Waals surface area contributed by atoms with Gasteiger partial charge in [0.05, 0.1) is 23.9 Å². The number of nitrogens with one attached hydrogen (secondary N) is 2. The number of fused-ring (bicyclic) bond motifs is 1. The number of rotatable bonds is 7. The summed E-state index contributed by atoms with van der Waals surface area (Å²) in [5, 5.41) is 7.31. The van der Waals surface area contributed by atoms with E-state index in [1.54, 1.807) is 36.4 Å². The number of benzene rings is 4. The first-order valence-electron chi connectivity index (χ1n) is 11.0. The smallest absolute Gasteiger partial charge is 0.339 e. The topological polar surface area (TPSA) is 93.7 Å². The van der Waals surface area contributed by atoms with Crippen LogP contribution in [0, 0.1) is 6.92 Å². The minimum atomic E-state index is -0.563. The van der Waals surface area contributed by atoms with Crippen LogP contribution < -0.4 is 15.4 Å². The maximum Gasteiger partial charge on any atom is 0.339 e. The highest BCUT2D eigenvalue weighted by atomic mass is 16.5. The number of para-hydroxylation sites is 2. The van der Waals surface area contributed by atoms with Crippen LogP contribution in [0.15, 0.2) is 84.9 Å². The van der Waals surface area contributed by atoms with Gasteiger partial charge in [-0.15, -0.1) is 0 Å². The third-order valence-corrected chi connectivity index (χ3v) is 5.45. The molecule has 0 atom stereocenters. The Balaban J connectivity index is 1.57. The van der Waals surface area contributed by atoms with Gasteiger partial charge in [0.1, 0.15) is 5.75 Å². The summed E-state index contributed by atoms with van der Waals surface area (Å²) in [5.41, 5.74) is 2.45. The average molecular weight is 469 g/mol. The van der Waals surface area contributed by atoms with Gasteiger partial charge in [0.2, 0.25) is 0 Å². The van der Waals surface area contributed by atoms with Crippen molar-refractivity contribution in [2.75, 3.05) is 24.4 Å². The van der Waals surface area contributed by atoms with Crippen LogP contribution in [0.1, 0.15) is 26.3 Å². The summed E-state index contributed by atoms with van der Waals surface area (Å²) in [6, 6.07) is 25.0. The molecule has 0 spiro atoms. The van der Waals surface area contributed by atoms with Crippen LogP contribution in [-0.4, -0.2) is 31.5 Å². The normalized spacial score (nSPS) is 10.5. The molecule has 0 saturated heterocycles. The molecule has 7 nitrogen and oxygen atoms in total. The maximum atomic E-state index is 13.2. The van der Waals surface area contributed by atoms with Crippen molar-refractivity contribution in [2.24, 2.45) is 0 Å². The second-order valence-electron chi connectivity index (χ2n) is 7.84. The molecule has 0 aromatic heterocycles. The first kappa shape index (κ1) is 23.5. The molecule has 7 heteroatoms. The zero-order valence-electron chi connectivity index (χ0n) is 19.3. The van der Waals surface area contributed by atoms with Crippen LogP contribution in [-0.2, 0) is 9.53 Å². The predicted octanol–water partition coefficient (Wildman–Crippen LogP) is 5.20. The Hall–Kier alpha value is -4.65. The van der Waals surface area contributed by atoms with Gasteiger partial charge in [-0.25, -0.2) is 4.79 Å². The molecule has 2 amide bonds. The van der Waals surface area contributed by atoms with E-state index in [2.05, 4.69) is 10.6 Å². The number of ether oxygens (including phenoxy) is 2. The van der Waals surface area contributed by atoms with E-state index in [1.807, 2.05) is 55.5 Å². The molecule has 0 bridgehead atoms. The van der Waals surface area contributed by atoms with Gasteiger partial charge in [0.25, 0.3) is 11.8 Å². The van der Waals surface area contributed by atoms with Crippen LogP contribution in [0.4, 0.5) is 11.4 Å². The van der Waals surface area contributed by atoms with E-state index in [0.717, 1.165) is 16.3 Å². The lowest BCUT2D eigenvalue weighted by Crippen LogP contribution is -2.23. The standard InChI is InChI=1S/C28H24N2O5/c1-18-9-3-7-13-23(18)30-27(32)22-15-19-10-4-5-11-20(19)16-25(22)35-17-26(31)29-24-14-8-6-12-21(24)28(33)34-2/h3-16H,17H2,1-2H3,(H,29,31)(H,30,32). The summed E-state index contributed by atoms with van der Waals surface area (Å²) in [4.78, 5) is 37.8. The number of methoxy groups -OCH3 is 1. The molecule has 0 radical (unpaired) electrons. The summed E-state index contributed by atoms with van der Waals surface area (Å²) in [6.45, 7) is 1.54. The lowest BCUT2D eigenvalue weighted by atomic mass is 10.0. The van der Waals surface area contributed by atoms with Gasteiger partial charge >= 0.3 is 5.97 Å². The van der Waals surface area contributed by atoms with Gasteiger partial charge < -0.3 is 20.1 Å². The monoisotopic (exact) mass is 468 g/mol. The summed E-state index contributed by atoms with van der Waals surface area (Å²) < 4.78 is 10.6.